The van der Waals surface area contributed by atoms with Crippen LogP contribution in [0, 0.1) is 13.8 Å². The lowest BCUT2D eigenvalue weighted by atomic mass is 10.1. The zero-order valence-corrected chi connectivity index (χ0v) is 19.7. The molecule has 4 atom stereocenters. The number of carbonyl (C=O) groups excluding carboxylic acids is 1. The van der Waals surface area contributed by atoms with Crippen LogP contribution in [0.4, 0.5) is 0 Å². The fraction of sp³-hybridized carbons (Fsp3) is 0.435. The number of hydrogen-bond donors (Lipinski definition) is 0. The molecule has 0 radical (unpaired) electrons. The monoisotopic (exact) mass is 436 g/mol. The van der Waals surface area contributed by atoms with E-state index in [1.165, 1.54) is 0 Å². The molecular weight excluding hydrogens is 407 g/mol. The van der Waals surface area contributed by atoms with Crippen LogP contribution in [0.25, 0.3) is 10.8 Å². The maximum Gasteiger partial charge on any atom is 0.252 e. The summed E-state index contributed by atoms with van der Waals surface area (Å²) in [7, 11) is 2.65. The highest BCUT2D eigenvalue weighted by Gasteiger charge is 2.32. The summed E-state index contributed by atoms with van der Waals surface area (Å²) in [6, 6.07) is 3.01. The van der Waals surface area contributed by atoms with Gasteiger partial charge in [-0.25, -0.2) is 4.52 Å². The SMILES string of the molecule is Cc1cn2nc(C3=CC(=O)N4C=C(N5C[C@@H](C)N(C)[C@@H](C)C5)C=CC4P3)cc2c(C)n1. The van der Waals surface area contributed by atoms with E-state index in [-0.39, 0.29) is 11.7 Å². The molecule has 5 heterocycles. The average molecular weight is 437 g/mol. The molecule has 1 fully saturated rings. The number of nitrogens with zero attached hydrogens (tertiary/aromatic N) is 6. The first-order valence-electron chi connectivity index (χ1n) is 10.8. The second-order valence-corrected chi connectivity index (χ2v) is 10.3. The van der Waals surface area contributed by atoms with Crippen molar-refractivity contribution < 1.29 is 4.79 Å². The van der Waals surface area contributed by atoms with E-state index in [0.717, 1.165) is 46.7 Å². The summed E-state index contributed by atoms with van der Waals surface area (Å²) in [4.78, 5) is 24.3. The predicted octanol–water partition coefficient (Wildman–Crippen LogP) is 2.97. The Morgan fingerprint density at radius 3 is 2.65 bits per heavy atom. The van der Waals surface area contributed by atoms with Crippen molar-refractivity contribution in [1.82, 2.24) is 29.3 Å². The van der Waals surface area contributed by atoms with Gasteiger partial charge in [0.05, 0.1) is 40.3 Å². The molecule has 3 aliphatic heterocycles. The molecule has 0 spiro atoms. The molecule has 2 unspecified atom stereocenters. The van der Waals surface area contributed by atoms with Gasteiger partial charge in [0, 0.05) is 42.8 Å². The van der Waals surface area contributed by atoms with Crippen molar-refractivity contribution >= 4 is 25.3 Å². The quantitative estimate of drug-likeness (QED) is 0.678. The second-order valence-electron chi connectivity index (χ2n) is 8.90. The standard InChI is InChI=1S/C23H29N6OP/c1-14-10-29-20(17(4)24-14)8-19(25-29)21-9-22(30)28-13-18(6-7-23(28)31-21)27-11-15(2)26(5)16(3)12-27/h6-10,13,15-16,23,31H,11-12H2,1-5H3/t15-,16+,23?. The van der Waals surface area contributed by atoms with Gasteiger partial charge in [0.1, 0.15) is 0 Å². The molecule has 0 aliphatic carbocycles. The smallest absolute Gasteiger partial charge is 0.252 e. The third kappa shape index (κ3) is 3.60. The van der Waals surface area contributed by atoms with Gasteiger partial charge in [0.15, 0.2) is 0 Å². The lowest BCUT2D eigenvalue weighted by Crippen LogP contribution is -2.54. The van der Waals surface area contributed by atoms with E-state index < -0.39 is 0 Å². The van der Waals surface area contributed by atoms with Crippen LogP contribution in [-0.4, -0.2) is 73.2 Å². The van der Waals surface area contributed by atoms with Crippen molar-refractivity contribution in [1.29, 1.82) is 0 Å². The number of aromatic nitrogens is 3. The number of hydrogen-bond acceptors (Lipinski definition) is 5. The summed E-state index contributed by atoms with van der Waals surface area (Å²) < 4.78 is 1.87. The molecule has 1 saturated heterocycles. The van der Waals surface area contributed by atoms with Crippen molar-refractivity contribution in [2.45, 2.75) is 45.6 Å². The lowest BCUT2D eigenvalue weighted by Gasteiger charge is -2.45. The fourth-order valence-corrected chi connectivity index (χ4v) is 5.97. The number of fused-ring (bicyclic) bond motifs is 2. The molecule has 2 aromatic heterocycles. The number of amides is 1. The van der Waals surface area contributed by atoms with Crippen LogP contribution in [0.2, 0.25) is 0 Å². The highest BCUT2D eigenvalue weighted by Crippen LogP contribution is 2.44. The fourth-order valence-electron chi connectivity index (χ4n) is 4.64. The Morgan fingerprint density at radius 1 is 1.16 bits per heavy atom. The van der Waals surface area contributed by atoms with Crippen LogP contribution in [0.3, 0.4) is 0 Å². The molecule has 0 N–H and O–H groups in total. The summed E-state index contributed by atoms with van der Waals surface area (Å²) in [5.74, 6) is 0.0863. The Morgan fingerprint density at radius 2 is 1.90 bits per heavy atom. The minimum Gasteiger partial charge on any atom is -0.367 e. The van der Waals surface area contributed by atoms with Crippen molar-refractivity contribution in [3.8, 4) is 0 Å². The van der Waals surface area contributed by atoms with Gasteiger partial charge in [-0.3, -0.25) is 14.7 Å². The third-order valence-corrected chi connectivity index (χ3v) is 8.08. The van der Waals surface area contributed by atoms with E-state index in [0.29, 0.717) is 20.7 Å². The van der Waals surface area contributed by atoms with Gasteiger partial charge in [-0.05, 0) is 46.9 Å². The first-order valence-corrected chi connectivity index (χ1v) is 11.9. The van der Waals surface area contributed by atoms with E-state index in [1.807, 2.05) is 41.7 Å². The lowest BCUT2D eigenvalue weighted by molar-refractivity contribution is -0.123. The van der Waals surface area contributed by atoms with Gasteiger partial charge in [0.25, 0.3) is 5.91 Å². The zero-order valence-electron chi connectivity index (χ0n) is 18.7. The molecule has 31 heavy (non-hydrogen) atoms. The minimum absolute atomic E-state index is 0.0268. The number of allylic oxidation sites excluding steroid dienone is 1. The van der Waals surface area contributed by atoms with Crippen LogP contribution in [0.15, 0.2) is 42.4 Å². The van der Waals surface area contributed by atoms with E-state index in [4.69, 9.17) is 5.10 Å². The zero-order chi connectivity index (χ0) is 21.9. The maximum absolute atomic E-state index is 13.1. The topological polar surface area (TPSA) is 57.0 Å². The summed E-state index contributed by atoms with van der Waals surface area (Å²) in [6.07, 6.45) is 10.1. The molecular formula is C23H29N6OP. The molecule has 8 heteroatoms. The number of rotatable bonds is 2. The molecule has 162 valence electrons. The highest BCUT2D eigenvalue weighted by molar-refractivity contribution is 7.51. The van der Waals surface area contributed by atoms with Gasteiger partial charge in [-0.15, -0.1) is 0 Å². The van der Waals surface area contributed by atoms with E-state index in [9.17, 15) is 4.79 Å². The summed E-state index contributed by atoms with van der Waals surface area (Å²) >= 11 is 0. The summed E-state index contributed by atoms with van der Waals surface area (Å²) in [5.41, 5.74) is 4.87. The van der Waals surface area contributed by atoms with Crippen LogP contribution in [0.5, 0.6) is 0 Å². The Balaban J connectivity index is 1.41. The van der Waals surface area contributed by atoms with E-state index in [1.54, 1.807) is 6.08 Å². The maximum atomic E-state index is 13.1. The van der Waals surface area contributed by atoms with Crippen LogP contribution in [0.1, 0.15) is 30.9 Å². The number of aryl methyl sites for hydroxylation is 2. The average Bonchev–Trinajstić information content (AvgIpc) is 3.16. The summed E-state index contributed by atoms with van der Waals surface area (Å²) in [6.45, 7) is 10.4. The number of carbonyl (C=O) groups is 1. The van der Waals surface area contributed by atoms with Crippen molar-refractivity contribution in [2.75, 3.05) is 20.1 Å². The van der Waals surface area contributed by atoms with Crippen molar-refractivity contribution in [3.05, 3.63) is 59.5 Å². The molecule has 3 aliphatic rings. The van der Waals surface area contributed by atoms with Gasteiger partial charge >= 0.3 is 0 Å². The molecule has 2 aromatic rings. The molecule has 0 aromatic carbocycles. The third-order valence-electron chi connectivity index (χ3n) is 6.61. The molecule has 7 nitrogen and oxygen atoms in total. The first kappa shape index (κ1) is 20.4. The Hall–Kier alpha value is -2.50. The highest BCUT2D eigenvalue weighted by atomic mass is 31.1. The normalized spacial score (nSPS) is 27.6. The molecule has 0 saturated carbocycles. The molecule has 1 amide bonds. The van der Waals surface area contributed by atoms with Gasteiger partial charge in [-0.2, -0.15) is 5.10 Å². The largest absolute Gasteiger partial charge is 0.367 e. The molecule has 0 bridgehead atoms. The van der Waals surface area contributed by atoms with E-state index >= 15 is 0 Å². The molecule has 5 rings (SSSR count). The van der Waals surface area contributed by atoms with Gasteiger partial charge in [-0.1, -0.05) is 14.7 Å². The second kappa shape index (κ2) is 7.57. The van der Waals surface area contributed by atoms with Crippen LogP contribution >= 0.6 is 8.58 Å². The van der Waals surface area contributed by atoms with Crippen LogP contribution < -0.4 is 0 Å². The van der Waals surface area contributed by atoms with Crippen molar-refractivity contribution in [2.24, 2.45) is 0 Å². The Labute approximate surface area is 184 Å². The number of piperazine rings is 1. The minimum atomic E-state index is 0.0268. The Kier molecular flexibility index (Phi) is 4.98. The van der Waals surface area contributed by atoms with Crippen LogP contribution in [-0.2, 0) is 4.79 Å². The van der Waals surface area contributed by atoms with E-state index in [2.05, 4.69) is 47.8 Å². The van der Waals surface area contributed by atoms with Gasteiger partial charge < -0.3 is 9.80 Å². The van der Waals surface area contributed by atoms with Gasteiger partial charge in [0.2, 0.25) is 0 Å². The first-order chi connectivity index (χ1) is 14.8. The number of likely N-dealkylation sites (N-methyl/N-ethyl adjacent to an activating group) is 1. The Bertz CT molecular complexity index is 1140. The van der Waals surface area contributed by atoms with Crippen molar-refractivity contribution in [3.63, 3.8) is 0 Å². The predicted molar refractivity (Wildman–Crippen MR) is 125 cm³/mol. The summed E-state index contributed by atoms with van der Waals surface area (Å²) in [5, 5.41) is 5.74.